The van der Waals surface area contributed by atoms with Crippen LogP contribution < -0.4 is 5.32 Å². The Bertz CT molecular complexity index is 439. The van der Waals surface area contributed by atoms with Crippen LogP contribution in [0, 0.1) is 5.92 Å². The minimum absolute atomic E-state index is 0.0242. The molecule has 2 aliphatic rings. The zero-order chi connectivity index (χ0) is 14.9. The van der Waals surface area contributed by atoms with Gasteiger partial charge in [-0.2, -0.15) is 0 Å². The number of halogens is 1. The van der Waals surface area contributed by atoms with Crippen molar-refractivity contribution < 1.29 is 9.59 Å². The summed E-state index contributed by atoms with van der Waals surface area (Å²) >= 11 is 5.73. The Morgan fingerprint density at radius 1 is 1.45 bits per heavy atom. The van der Waals surface area contributed by atoms with Gasteiger partial charge in [0.05, 0.1) is 0 Å². The largest absolute Gasteiger partial charge is 0.340 e. The molecule has 112 valence electrons. The van der Waals surface area contributed by atoms with Crippen LogP contribution in [0.1, 0.15) is 46.5 Å². The summed E-state index contributed by atoms with van der Waals surface area (Å²) in [4.78, 5) is 27.1. The average molecular weight is 299 g/mol. The normalized spacial score (nSPS) is 26.6. The van der Waals surface area contributed by atoms with Gasteiger partial charge in [0.1, 0.15) is 11.6 Å². The lowest BCUT2D eigenvalue weighted by Gasteiger charge is -2.46. The highest BCUT2D eigenvalue weighted by Gasteiger charge is 2.52. The predicted octanol–water partition coefficient (Wildman–Crippen LogP) is 2.42. The van der Waals surface area contributed by atoms with Crippen LogP contribution in [0.4, 0.5) is 0 Å². The summed E-state index contributed by atoms with van der Waals surface area (Å²) in [5, 5.41) is 3.01. The molecule has 0 radical (unpaired) electrons. The third kappa shape index (κ3) is 2.58. The van der Waals surface area contributed by atoms with E-state index in [1.807, 2.05) is 20.8 Å². The number of nitrogens with one attached hydrogen (secondary N) is 1. The summed E-state index contributed by atoms with van der Waals surface area (Å²) in [6.07, 6.45) is 3.50. The molecular formula is C15H23ClN2O2. The van der Waals surface area contributed by atoms with Gasteiger partial charge in [-0.05, 0) is 31.3 Å². The molecule has 1 aliphatic heterocycles. The molecule has 20 heavy (non-hydrogen) atoms. The van der Waals surface area contributed by atoms with E-state index in [2.05, 4.69) is 5.32 Å². The van der Waals surface area contributed by atoms with Crippen LogP contribution in [0.5, 0.6) is 0 Å². The molecule has 2 rings (SSSR count). The van der Waals surface area contributed by atoms with Crippen molar-refractivity contribution in [2.75, 3.05) is 6.54 Å². The van der Waals surface area contributed by atoms with Crippen LogP contribution >= 0.6 is 11.6 Å². The first-order valence-corrected chi connectivity index (χ1v) is 7.74. The number of carbonyl (C=O) groups excluding carboxylic acids is 2. The highest BCUT2D eigenvalue weighted by molar-refractivity contribution is 6.25. The molecule has 2 amide bonds. The van der Waals surface area contributed by atoms with Crippen LogP contribution in [0.15, 0.2) is 11.1 Å². The van der Waals surface area contributed by atoms with Crippen molar-refractivity contribution in [3.63, 3.8) is 0 Å². The Morgan fingerprint density at radius 2 is 2.05 bits per heavy atom. The van der Waals surface area contributed by atoms with Crippen molar-refractivity contribution in [3.05, 3.63) is 11.1 Å². The van der Waals surface area contributed by atoms with E-state index >= 15 is 0 Å². The minimum Gasteiger partial charge on any atom is -0.340 e. The predicted molar refractivity (Wildman–Crippen MR) is 79.3 cm³/mol. The van der Waals surface area contributed by atoms with Crippen molar-refractivity contribution in [3.8, 4) is 0 Å². The number of nitrogens with zero attached hydrogens (tertiary/aromatic N) is 1. The second kappa shape index (κ2) is 5.76. The average Bonchev–Trinajstić information content (AvgIpc) is 2.84. The molecule has 0 aromatic heterocycles. The van der Waals surface area contributed by atoms with E-state index in [9.17, 15) is 9.59 Å². The van der Waals surface area contributed by atoms with E-state index in [4.69, 9.17) is 11.6 Å². The Hall–Kier alpha value is -1.03. The maximum atomic E-state index is 12.9. The monoisotopic (exact) mass is 298 g/mol. The van der Waals surface area contributed by atoms with Crippen LogP contribution in [0.3, 0.4) is 0 Å². The quantitative estimate of drug-likeness (QED) is 0.870. The smallest absolute Gasteiger partial charge is 0.249 e. The molecule has 0 bridgehead atoms. The van der Waals surface area contributed by atoms with Crippen molar-refractivity contribution in [1.29, 1.82) is 0 Å². The summed E-state index contributed by atoms with van der Waals surface area (Å²) < 4.78 is 0. The minimum atomic E-state index is -0.658. The summed E-state index contributed by atoms with van der Waals surface area (Å²) in [6, 6.07) is -0.403. The second-order valence-corrected chi connectivity index (χ2v) is 6.57. The summed E-state index contributed by atoms with van der Waals surface area (Å²) in [5.41, 5.74) is 1.72. The topological polar surface area (TPSA) is 49.4 Å². The number of hydrogen-bond donors (Lipinski definition) is 1. The van der Waals surface area contributed by atoms with Gasteiger partial charge >= 0.3 is 0 Å². The Labute approximate surface area is 125 Å². The number of hydrogen-bond acceptors (Lipinski definition) is 2. The third-order valence-electron chi connectivity index (χ3n) is 4.33. The van der Waals surface area contributed by atoms with Crippen molar-refractivity contribution in [1.82, 2.24) is 10.2 Å². The van der Waals surface area contributed by atoms with Gasteiger partial charge in [0.25, 0.3) is 0 Å². The molecule has 2 fully saturated rings. The molecule has 1 saturated carbocycles. The standard InChI is InChI=1S/C15H23ClN2O2/c1-10(2)12-13(19)17-15(6-4-5-7-15)14(20)18(12)9-11(3)8-16/h8,10,12H,4-7,9H2,1-3H3,(H,17,19). The maximum absolute atomic E-state index is 12.9. The Kier molecular flexibility index (Phi) is 4.43. The van der Waals surface area contributed by atoms with Crippen LogP contribution in [-0.4, -0.2) is 34.8 Å². The molecule has 1 atom stereocenters. The fourth-order valence-electron chi connectivity index (χ4n) is 3.36. The van der Waals surface area contributed by atoms with Crippen molar-refractivity contribution in [2.24, 2.45) is 5.92 Å². The molecule has 1 heterocycles. The molecule has 1 spiro atoms. The van der Waals surface area contributed by atoms with Crippen molar-refractivity contribution >= 4 is 23.4 Å². The second-order valence-electron chi connectivity index (χ2n) is 6.36. The summed E-state index contributed by atoms with van der Waals surface area (Å²) in [7, 11) is 0. The first-order chi connectivity index (χ1) is 9.41. The van der Waals surface area contributed by atoms with Crippen molar-refractivity contribution in [2.45, 2.75) is 58.0 Å². The van der Waals surface area contributed by atoms with E-state index in [0.717, 1.165) is 31.3 Å². The van der Waals surface area contributed by atoms with Crippen LogP contribution in [0.25, 0.3) is 0 Å². The third-order valence-corrected chi connectivity index (χ3v) is 4.70. The number of rotatable bonds is 3. The van der Waals surface area contributed by atoms with E-state index < -0.39 is 11.6 Å². The first-order valence-electron chi connectivity index (χ1n) is 7.30. The molecule has 5 heteroatoms. The van der Waals surface area contributed by atoms with Gasteiger partial charge in [-0.1, -0.05) is 38.3 Å². The Balaban J connectivity index is 2.33. The molecule has 1 unspecified atom stereocenters. The summed E-state index contributed by atoms with van der Waals surface area (Å²) in [6.45, 7) is 6.25. The van der Waals surface area contributed by atoms with E-state index in [0.29, 0.717) is 6.54 Å². The maximum Gasteiger partial charge on any atom is 0.249 e. The zero-order valence-corrected chi connectivity index (χ0v) is 13.2. The first kappa shape index (κ1) is 15.4. The zero-order valence-electron chi connectivity index (χ0n) is 12.4. The highest BCUT2D eigenvalue weighted by Crippen LogP contribution is 2.36. The molecular weight excluding hydrogens is 276 g/mol. The molecule has 1 aliphatic carbocycles. The fraction of sp³-hybridized carbons (Fsp3) is 0.733. The Morgan fingerprint density at radius 3 is 2.55 bits per heavy atom. The number of amides is 2. The van der Waals surface area contributed by atoms with E-state index in [-0.39, 0.29) is 17.7 Å². The molecule has 1 saturated heterocycles. The number of carbonyl (C=O) groups is 2. The lowest BCUT2D eigenvalue weighted by atomic mass is 9.87. The molecule has 4 nitrogen and oxygen atoms in total. The van der Waals surface area contributed by atoms with Crippen LogP contribution in [0.2, 0.25) is 0 Å². The number of piperazine rings is 1. The molecule has 1 N–H and O–H groups in total. The summed E-state index contributed by atoms with van der Waals surface area (Å²) in [5.74, 6) is 0.121. The van der Waals surface area contributed by atoms with Gasteiger partial charge < -0.3 is 10.2 Å². The van der Waals surface area contributed by atoms with Gasteiger partial charge in [0, 0.05) is 12.1 Å². The molecule has 0 aromatic carbocycles. The lowest BCUT2D eigenvalue weighted by molar-refractivity contribution is -0.156. The van der Waals surface area contributed by atoms with Gasteiger partial charge in [-0.25, -0.2) is 0 Å². The van der Waals surface area contributed by atoms with Gasteiger partial charge in [-0.3, -0.25) is 9.59 Å². The highest BCUT2D eigenvalue weighted by atomic mass is 35.5. The van der Waals surface area contributed by atoms with Crippen LogP contribution in [-0.2, 0) is 9.59 Å². The molecule has 0 aromatic rings. The van der Waals surface area contributed by atoms with Gasteiger partial charge in [0.15, 0.2) is 0 Å². The SMILES string of the molecule is CC(=CCl)CN1C(=O)C2(CCCC2)NC(=O)C1C(C)C. The van der Waals surface area contributed by atoms with Gasteiger partial charge in [-0.15, -0.1) is 0 Å². The lowest BCUT2D eigenvalue weighted by Crippen LogP contribution is -2.70. The van der Waals surface area contributed by atoms with E-state index in [1.54, 1.807) is 4.90 Å². The van der Waals surface area contributed by atoms with E-state index in [1.165, 1.54) is 5.54 Å². The fourth-order valence-corrected chi connectivity index (χ4v) is 3.43. The van der Waals surface area contributed by atoms with Gasteiger partial charge in [0.2, 0.25) is 11.8 Å².